The third-order valence-electron chi connectivity index (χ3n) is 4.39. The van der Waals surface area contributed by atoms with E-state index in [2.05, 4.69) is 26.0 Å². The minimum Gasteiger partial charge on any atom is -0.495 e. The summed E-state index contributed by atoms with van der Waals surface area (Å²) >= 11 is 3.30. The zero-order chi connectivity index (χ0) is 21.6. The summed E-state index contributed by atoms with van der Waals surface area (Å²) in [5.41, 5.74) is 1.21. The molecule has 30 heavy (non-hydrogen) atoms. The Morgan fingerprint density at radius 2 is 1.60 bits per heavy atom. The molecule has 0 bridgehead atoms. The molecule has 6 nitrogen and oxygen atoms in total. The molecule has 3 aromatic carbocycles. The van der Waals surface area contributed by atoms with Crippen molar-refractivity contribution in [2.75, 3.05) is 12.4 Å². The zero-order valence-electron chi connectivity index (χ0n) is 16.2. The van der Waals surface area contributed by atoms with E-state index in [1.807, 2.05) is 6.07 Å². The lowest BCUT2D eigenvalue weighted by Crippen LogP contribution is -2.31. The summed E-state index contributed by atoms with van der Waals surface area (Å²) in [6.07, 6.45) is -0.0855. The summed E-state index contributed by atoms with van der Waals surface area (Å²) in [6.45, 7) is 0. The molecule has 3 rings (SSSR count). The Morgan fingerprint density at radius 3 is 2.27 bits per heavy atom. The van der Waals surface area contributed by atoms with Crippen LogP contribution in [-0.2, 0) is 14.8 Å². The van der Waals surface area contributed by atoms with Gasteiger partial charge in [-0.15, -0.1) is 0 Å². The van der Waals surface area contributed by atoms with Gasteiger partial charge in [0, 0.05) is 10.9 Å². The van der Waals surface area contributed by atoms with Crippen LogP contribution >= 0.6 is 15.9 Å². The van der Waals surface area contributed by atoms with Crippen molar-refractivity contribution in [2.24, 2.45) is 0 Å². The average molecular weight is 489 g/mol. The van der Waals surface area contributed by atoms with Gasteiger partial charge in [0.05, 0.1) is 23.7 Å². The number of hydrogen-bond donors (Lipinski definition) is 2. The second-order valence-corrected chi connectivity index (χ2v) is 9.12. The van der Waals surface area contributed by atoms with Gasteiger partial charge in [-0.25, -0.2) is 13.1 Å². The van der Waals surface area contributed by atoms with Crippen molar-refractivity contribution in [3.63, 3.8) is 0 Å². The maximum absolute atomic E-state index is 12.9. The van der Waals surface area contributed by atoms with Crippen LogP contribution in [0.3, 0.4) is 0 Å². The molecule has 0 aliphatic heterocycles. The maximum Gasteiger partial charge on any atom is 0.241 e. The molecule has 1 amide bonds. The van der Waals surface area contributed by atoms with Crippen molar-refractivity contribution in [1.82, 2.24) is 4.72 Å². The number of carbonyl (C=O) groups excluding carboxylic acids is 1. The van der Waals surface area contributed by atoms with Crippen molar-refractivity contribution < 1.29 is 17.9 Å². The summed E-state index contributed by atoms with van der Waals surface area (Å²) in [5.74, 6) is 0.185. The van der Waals surface area contributed by atoms with Gasteiger partial charge in [0.15, 0.2) is 0 Å². The van der Waals surface area contributed by atoms with E-state index in [-0.39, 0.29) is 17.2 Å². The molecular formula is C22H21BrN2O4S. The molecule has 0 aliphatic rings. The molecule has 8 heteroatoms. The van der Waals surface area contributed by atoms with Gasteiger partial charge in [0.25, 0.3) is 0 Å². The number of benzene rings is 3. The van der Waals surface area contributed by atoms with E-state index in [4.69, 9.17) is 4.74 Å². The van der Waals surface area contributed by atoms with Crippen LogP contribution in [0.15, 0.2) is 88.2 Å². The molecule has 0 heterocycles. The molecule has 0 saturated heterocycles. The van der Waals surface area contributed by atoms with Crippen molar-refractivity contribution >= 4 is 37.5 Å². The number of halogens is 1. The Hall–Kier alpha value is -2.68. The fraction of sp³-hybridized carbons (Fsp3) is 0.136. The molecule has 1 unspecified atom stereocenters. The lowest BCUT2D eigenvalue weighted by molar-refractivity contribution is -0.116. The lowest BCUT2D eigenvalue weighted by atomic mass is 10.0. The number of ether oxygens (including phenoxy) is 1. The van der Waals surface area contributed by atoms with Gasteiger partial charge >= 0.3 is 0 Å². The Morgan fingerprint density at radius 1 is 0.967 bits per heavy atom. The van der Waals surface area contributed by atoms with Crippen molar-refractivity contribution in [1.29, 1.82) is 0 Å². The Bertz CT molecular complexity index is 1100. The van der Waals surface area contributed by atoms with Crippen LogP contribution in [0.5, 0.6) is 5.75 Å². The van der Waals surface area contributed by atoms with Crippen molar-refractivity contribution in [3.8, 4) is 5.75 Å². The van der Waals surface area contributed by atoms with Gasteiger partial charge in [-0.3, -0.25) is 4.79 Å². The molecule has 0 aromatic heterocycles. The number of carbonyl (C=O) groups is 1. The van der Waals surface area contributed by atoms with E-state index < -0.39 is 16.1 Å². The predicted octanol–water partition coefficient (Wildman–Crippen LogP) is 4.51. The largest absolute Gasteiger partial charge is 0.495 e. The Kier molecular flexibility index (Phi) is 7.25. The van der Waals surface area contributed by atoms with E-state index in [0.29, 0.717) is 17.0 Å². The van der Waals surface area contributed by atoms with Gasteiger partial charge in [-0.1, -0.05) is 58.4 Å². The predicted molar refractivity (Wildman–Crippen MR) is 120 cm³/mol. The molecular weight excluding hydrogens is 468 g/mol. The summed E-state index contributed by atoms with van der Waals surface area (Å²) in [6, 6.07) is 21.6. The number of para-hydroxylation sites is 2. The first-order valence-corrected chi connectivity index (χ1v) is 11.4. The van der Waals surface area contributed by atoms with E-state index in [1.165, 1.54) is 19.2 Å². The third-order valence-corrected chi connectivity index (χ3v) is 6.41. The smallest absolute Gasteiger partial charge is 0.241 e. The quantitative estimate of drug-likeness (QED) is 0.488. The number of anilines is 1. The number of nitrogens with one attached hydrogen (secondary N) is 2. The monoisotopic (exact) mass is 488 g/mol. The molecule has 156 valence electrons. The highest BCUT2D eigenvalue weighted by atomic mass is 79.9. The van der Waals surface area contributed by atoms with Crippen LogP contribution < -0.4 is 14.8 Å². The summed E-state index contributed by atoms with van der Waals surface area (Å²) in [7, 11) is -2.31. The van der Waals surface area contributed by atoms with Gasteiger partial charge in [-0.05, 0) is 42.0 Å². The van der Waals surface area contributed by atoms with E-state index >= 15 is 0 Å². The van der Waals surface area contributed by atoms with Crippen LogP contribution in [0, 0.1) is 0 Å². The van der Waals surface area contributed by atoms with Crippen LogP contribution in [0.1, 0.15) is 18.0 Å². The minimum absolute atomic E-state index is 0.0855. The van der Waals surface area contributed by atoms with Gasteiger partial charge < -0.3 is 10.1 Å². The van der Waals surface area contributed by atoms with Crippen LogP contribution in [0.2, 0.25) is 0 Å². The molecule has 2 N–H and O–H groups in total. The Balaban J connectivity index is 1.83. The molecule has 3 aromatic rings. The number of sulfonamides is 1. The van der Waals surface area contributed by atoms with Gasteiger partial charge in [0.2, 0.25) is 15.9 Å². The summed E-state index contributed by atoms with van der Waals surface area (Å²) in [4.78, 5) is 12.8. The fourth-order valence-electron chi connectivity index (χ4n) is 2.92. The normalized spacial score (nSPS) is 12.2. The molecule has 0 fully saturated rings. The highest BCUT2D eigenvalue weighted by molar-refractivity contribution is 9.10. The summed E-state index contributed by atoms with van der Waals surface area (Å²) < 4.78 is 34.5. The number of amides is 1. The second kappa shape index (κ2) is 9.88. The average Bonchev–Trinajstić information content (AvgIpc) is 2.74. The van der Waals surface area contributed by atoms with Crippen molar-refractivity contribution in [2.45, 2.75) is 17.4 Å². The lowest BCUT2D eigenvalue weighted by Gasteiger charge is -2.19. The van der Waals surface area contributed by atoms with Crippen LogP contribution in [0.25, 0.3) is 0 Å². The Labute approximate surface area is 184 Å². The first-order valence-electron chi connectivity index (χ1n) is 9.15. The minimum atomic E-state index is -3.83. The highest BCUT2D eigenvalue weighted by Crippen LogP contribution is 2.26. The van der Waals surface area contributed by atoms with Gasteiger partial charge in [0.1, 0.15) is 5.75 Å². The molecule has 0 spiro atoms. The van der Waals surface area contributed by atoms with E-state index in [0.717, 1.165) is 4.47 Å². The first-order chi connectivity index (χ1) is 14.4. The topological polar surface area (TPSA) is 84.5 Å². The SMILES string of the molecule is COc1ccccc1NC(=O)CC(NS(=O)(=O)c1ccc(Br)cc1)c1ccccc1. The fourth-order valence-corrected chi connectivity index (χ4v) is 4.41. The second-order valence-electron chi connectivity index (χ2n) is 6.49. The van der Waals surface area contributed by atoms with Gasteiger partial charge in [-0.2, -0.15) is 0 Å². The van der Waals surface area contributed by atoms with Crippen LogP contribution in [-0.4, -0.2) is 21.4 Å². The number of rotatable bonds is 8. The molecule has 0 aliphatic carbocycles. The molecule has 1 atom stereocenters. The zero-order valence-corrected chi connectivity index (χ0v) is 18.6. The van der Waals surface area contributed by atoms with Crippen LogP contribution in [0.4, 0.5) is 5.69 Å². The maximum atomic E-state index is 12.9. The highest BCUT2D eigenvalue weighted by Gasteiger charge is 2.24. The molecule has 0 saturated carbocycles. The standard InChI is InChI=1S/C22H21BrN2O4S/c1-29-21-10-6-5-9-19(21)24-22(26)15-20(16-7-3-2-4-8-16)25-30(27,28)18-13-11-17(23)12-14-18/h2-14,20,25H,15H2,1H3,(H,24,26). The number of methoxy groups -OCH3 is 1. The first kappa shape index (κ1) is 22.0. The van der Waals surface area contributed by atoms with E-state index in [9.17, 15) is 13.2 Å². The molecule has 0 radical (unpaired) electrons. The third kappa shape index (κ3) is 5.69. The summed E-state index contributed by atoms with van der Waals surface area (Å²) in [5, 5.41) is 2.79. The number of hydrogen-bond acceptors (Lipinski definition) is 4. The van der Waals surface area contributed by atoms with Crippen molar-refractivity contribution in [3.05, 3.63) is 88.9 Å². The van der Waals surface area contributed by atoms with E-state index in [1.54, 1.807) is 60.7 Å².